The summed E-state index contributed by atoms with van der Waals surface area (Å²) in [5, 5.41) is 10.1. The third-order valence-corrected chi connectivity index (χ3v) is 3.39. The van der Waals surface area contributed by atoms with Crippen molar-refractivity contribution in [3.63, 3.8) is 0 Å². The van der Waals surface area contributed by atoms with E-state index in [4.69, 9.17) is 21.1 Å². The molecule has 0 bridgehead atoms. The zero-order valence-electron chi connectivity index (χ0n) is 11.7. The molecule has 0 saturated heterocycles. The molecule has 1 unspecified atom stereocenters. The summed E-state index contributed by atoms with van der Waals surface area (Å²) in [4.78, 5) is 2.14. The number of methoxy groups -OCH3 is 2. The largest absolute Gasteiger partial charge is 0.392 e. The Hall–Kier alpha value is -0.810. The normalized spacial score (nSPS) is 12.5. The number of hydrogen-bond acceptors (Lipinski definition) is 4. The minimum Gasteiger partial charge on any atom is -0.392 e. The van der Waals surface area contributed by atoms with Crippen molar-refractivity contribution in [1.82, 2.24) is 0 Å². The van der Waals surface area contributed by atoms with Gasteiger partial charge in [-0.3, -0.25) is 0 Å². The molecule has 5 heteroatoms. The van der Waals surface area contributed by atoms with Crippen molar-refractivity contribution in [1.29, 1.82) is 0 Å². The molecule has 0 amide bonds. The van der Waals surface area contributed by atoms with Gasteiger partial charge < -0.3 is 19.5 Å². The van der Waals surface area contributed by atoms with Gasteiger partial charge in [0.15, 0.2) is 0 Å². The number of anilines is 1. The highest BCUT2D eigenvalue weighted by molar-refractivity contribution is 6.31. The number of halogens is 1. The van der Waals surface area contributed by atoms with Crippen molar-refractivity contribution in [2.75, 3.05) is 38.9 Å². The van der Waals surface area contributed by atoms with Crippen molar-refractivity contribution >= 4 is 17.3 Å². The predicted molar refractivity (Wildman–Crippen MR) is 77.9 cm³/mol. The Morgan fingerprint density at radius 2 is 2.05 bits per heavy atom. The first-order chi connectivity index (χ1) is 9.15. The third kappa shape index (κ3) is 4.35. The lowest BCUT2D eigenvalue weighted by molar-refractivity contribution is 0.170. The van der Waals surface area contributed by atoms with Gasteiger partial charge in [-0.15, -0.1) is 0 Å². The maximum atomic E-state index is 9.51. The molecule has 4 nitrogen and oxygen atoms in total. The minimum atomic E-state index is -0.0851. The molecule has 19 heavy (non-hydrogen) atoms. The van der Waals surface area contributed by atoms with Crippen molar-refractivity contribution in [2.24, 2.45) is 0 Å². The summed E-state index contributed by atoms with van der Waals surface area (Å²) in [6.07, 6.45) is 0. The van der Waals surface area contributed by atoms with Gasteiger partial charge in [-0.25, -0.2) is 0 Å². The second kappa shape index (κ2) is 8.38. The highest BCUT2D eigenvalue weighted by Crippen LogP contribution is 2.28. The molecular formula is C14H22ClNO3. The molecule has 1 rings (SSSR count). The lowest BCUT2D eigenvalue weighted by Gasteiger charge is -2.32. The van der Waals surface area contributed by atoms with Crippen LogP contribution in [-0.2, 0) is 16.1 Å². The Kier molecular flexibility index (Phi) is 7.16. The van der Waals surface area contributed by atoms with Crippen molar-refractivity contribution in [2.45, 2.75) is 19.6 Å². The number of aliphatic hydroxyl groups is 1. The Bertz CT molecular complexity index is 387. The first kappa shape index (κ1) is 16.2. The quantitative estimate of drug-likeness (QED) is 0.797. The monoisotopic (exact) mass is 287 g/mol. The van der Waals surface area contributed by atoms with Crippen LogP contribution in [-0.4, -0.2) is 45.1 Å². The van der Waals surface area contributed by atoms with Crippen LogP contribution >= 0.6 is 11.6 Å². The Morgan fingerprint density at radius 3 is 2.63 bits per heavy atom. The smallest absolute Gasteiger partial charge is 0.0716 e. The molecule has 0 spiro atoms. The molecule has 0 aromatic heterocycles. The maximum absolute atomic E-state index is 9.51. The van der Waals surface area contributed by atoms with Crippen LogP contribution < -0.4 is 4.90 Å². The molecule has 0 heterocycles. The van der Waals surface area contributed by atoms with Gasteiger partial charge in [-0.05, 0) is 19.1 Å². The van der Waals surface area contributed by atoms with E-state index >= 15 is 0 Å². The van der Waals surface area contributed by atoms with E-state index in [9.17, 15) is 5.11 Å². The Labute approximate surface area is 119 Å². The molecule has 1 atom stereocenters. The van der Waals surface area contributed by atoms with Crippen molar-refractivity contribution < 1.29 is 14.6 Å². The number of aliphatic hydroxyl groups excluding tert-OH is 1. The zero-order chi connectivity index (χ0) is 14.3. The lowest BCUT2D eigenvalue weighted by atomic mass is 10.1. The molecule has 1 aromatic rings. The van der Waals surface area contributed by atoms with E-state index in [1.165, 1.54) is 0 Å². The van der Waals surface area contributed by atoms with E-state index in [-0.39, 0.29) is 12.6 Å². The second-order valence-corrected chi connectivity index (χ2v) is 4.79. The van der Waals surface area contributed by atoms with Crippen LogP contribution in [0.4, 0.5) is 5.69 Å². The fourth-order valence-corrected chi connectivity index (χ4v) is 2.30. The molecule has 0 aliphatic heterocycles. The summed E-state index contributed by atoms with van der Waals surface area (Å²) >= 11 is 6.14. The average molecular weight is 288 g/mol. The summed E-state index contributed by atoms with van der Waals surface area (Å²) in [6.45, 7) is 3.90. The van der Waals surface area contributed by atoms with Gasteiger partial charge in [0.05, 0.1) is 19.8 Å². The molecular weight excluding hydrogens is 266 g/mol. The molecule has 0 radical (unpaired) electrons. The number of hydrogen-bond donors (Lipinski definition) is 1. The summed E-state index contributed by atoms with van der Waals surface area (Å²) in [5.74, 6) is 0. The number of rotatable bonds is 8. The van der Waals surface area contributed by atoms with Gasteiger partial charge in [-0.2, -0.15) is 0 Å². The van der Waals surface area contributed by atoms with Crippen molar-refractivity contribution in [3.8, 4) is 0 Å². The second-order valence-electron chi connectivity index (χ2n) is 4.39. The van der Waals surface area contributed by atoms with Gasteiger partial charge >= 0.3 is 0 Å². The Morgan fingerprint density at radius 1 is 1.32 bits per heavy atom. The molecule has 108 valence electrons. The van der Waals surface area contributed by atoms with Crippen LogP contribution in [0.15, 0.2) is 18.2 Å². The van der Waals surface area contributed by atoms with Gasteiger partial charge in [0, 0.05) is 43.1 Å². The Balaban J connectivity index is 3.05. The van der Waals surface area contributed by atoms with Gasteiger partial charge in [0.25, 0.3) is 0 Å². The summed E-state index contributed by atoms with van der Waals surface area (Å²) in [6, 6.07) is 5.80. The van der Waals surface area contributed by atoms with Crippen LogP contribution in [0.3, 0.4) is 0 Å². The average Bonchev–Trinajstić information content (AvgIpc) is 2.39. The highest BCUT2D eigenvalue weighted by atomic mass is 35.5. The molecule has 1 N–H and O–H groups in total. The van der Waals surface area contributed by atoms with Crippen LogP contribution in [0.25, 0.3) is 0 Å². The topological polar surface area (TPSA) is 41.9 Å². The third-order valence-electron chi connectivity index (χ3n) is 3.04. The van der Waals surface area contributed by atoms with E-state index in [1.807, 2.05) is 12.1 Å². The molecule has 0 saturated carbocycles. The molecule has 0 aliphatic carbocycles. The van der Waals surface area contributed by atoms with E-state index in [0.29, 0.717) is 24.8 Å². The highest BCUT2D eigenvalue weighted by Gasteiger charge is 2.18. The van der Waals surface area contributed by atoms with Crippen LogP contribution in [0.2, 0.25) is 5.02 Å². The maximum Gasteiger partial charge on any atom is 0.0716 e. The van der Waals surface area contributed by atoms with E-state index in [1.54, 1.807) is 20.3 Å². The van der Waals surface area contributed by atoms with Gasteiger partial charge in [-0.1, -0.05) is 17.7 Å². The SMILES string of the molecule is COCCN(c1cccc(Cl)c1CO)C(C)COC. The van der Waals surface area contributed by atoms with Gasteiger partial charge in [0.2, 0.25) is 0 Å². The summed E-state index contributed by atoms with van der Waals surface area (Å²) in [5.41, 5.74) is 1.67. The van der Waals surface area contributed by atoms with Crippen molar-refractivity contribution in [3.05, 3.63) is 28.8 Å². The van der Waals surface area contributed by atoms with Crippen LogP contribution in [0, 0.1) is 0 Å². The van der Waals surface area contributed by atoms with Crippen LogP contribution in [0.5, 0.6) is 0 Å². The first-order valence-corrected chi connectivity index (χ1v) is 6.66. The first-order valence-electron chi connectivity index (χ1n) is 6.28. The number of benzene rings is 1. The molecule has 0 aliphatic rings. The molecule has 0 fully saturated rings. The fraction of sp³-hybridized carbons (Fsp3) is 0.571. The fourth-order valence-electron chi connectivity index (χ4n) is 2.07. The number of nitrogens with zero attached hydrogens (tertiary/aromatic N) is 1. The zero-order valence-corrected chi connectivity index (χ0v) is 12.5. The van der Waals surface area contributed by atoms with Gasteiger partial charge in [0.1, 0.15) is 0 Å². The lowest BCUT2D eigenvalue weighted by Crippen LogP contribution is -2.39. The number of ether oxygens (including phenoxy) is 2. The molecule has 1 aromatic carbocycles. The minimum absolute atomic E-state index is 0.0851. The standard InChI is InChI=1S/C14H22ClNO3/c1-11(10-19-3)16(7-8-18-2)14-6-4-5-13(15)12(14)9-17/h4-6,11,17H,7-10H2,1-3H3. The van der Waals surface area contributed by atoms with E-state index in [2.05, 4.69) is 11.8 Å². The van der Waals surface area contributed by atoms with Crippen LogP contribution in [0.1, 0.15) is 12.5 Å². The predicted octanol–water partition coefficient (Wildman–Crippen LogP) is 2.32. The van der Waals surface area contributed by atoms with E-state index < -0.39 is 0 Å². The summed E-state index contributed by atoms with van der Waals surface area (Å²) < 4.78 is 10.4. The van der Waals surface area contributed by atoms with E-state index in [0.717, 1.165) is 11.3 Å². The summed E-state index contributed by atoms with van der Waals surface area (Å²) in [7, 11) is 3.35.